The van der Waals surface area contributed by atoms with Crippen LogP contribution in [0.3, 0.4) is 0 Å². The Kier molecular flexibility index (Phi) is 5.00. The first-order valence-corrected chi connectivity index (χ1v) is 8.72. The van der Waals surface area contributed by atoms with E-state index < -0.39 is 0 Å². The summed E-state index contributed by atoms with van der Waals surface area (Å²) in [5.74, 6) is 0.0440. The number of nitrogens with zero attached hydrogens (tertiary/aromatic N) is 3. The topological polar surface area (TPSA) is 50.2 Å². The number of likely N-dealkylation sites (tertiary alicyclic amines) is 1. The molecule has 1 amide bonds. The molecule has 128 valence electrons. The van der Waals surface area contributed by atoms with Crippen LogP contribution < -0.4 is 5.32 Å². The minimum absolute atomic E-state index is 0.0440. The molecule has 0 aliphatic carbocycles. The molecule has 1 aliphatic heterocycles. The normalized spacial score (nSPS) is 18.5. The molecule has 0 bridgehead atoms. The Bertz CT molecular complexity index is 708. The lowest BCUT2D eigenvalue weighted by atomic mass is 10.0. The monoisotopic (exact) mass is 326 g/mol. The average molecular weight is 326 g/mol. The van der Waals surface area contributed by atoms with Crippen LogP contribution in [0.5, 0.6) is 0 Å². The van der Waals surface area contributed by atoms with E-state index in [0.29, 0.717) is 12.6 Å². The van der Waals surface area contributed by atoms with Gasteiger partial charge in [-0.1, -0.05) is 24.6 Å². The zero-order valence-corrected chi connectivity index (χ0v) is 14.7. The van der Waals surface area contributed by atoms with Crippen molar-refractivity contribution >= 4 is 11.6 Å². The number of piperidine rings is 1. The van der Waals surface area contributed by atoms with E-state index in [-0.39, 0.29) is 5.91 Å². The van der Waals surface area contributed by atoms with Gasteiger partial charge < -0.3 is 5.32 Å². The summed E-state index contributed by atoms with van der Waals surface area (Å²) in [6.45, 7) is 7.60. The summed E-state index contributed by atoms with van der Waals surface area (Å²) in [4.78, 5) is 14.8. The summed E-state index contributed by atoms with van der Waals surface area (Å²) >= 11 is 0. The van der Waals surface area contributed by atoms with Crippen LogP contribution in [0.1, 0.15) is 37.6 Å². The molecule has 1 fully saturated rings. The Morgan fingerprint density at radius 3 is 2.71 bits per heavy atom. The van der Waals surface area contributed by atoms with Gasteiger partial charge in [0.1, 0.15) is 0 Å². The molecule has 0 saturated carbocycles. The van der Waals surface area contributed by atoms with E-state index in [1.54, 1.807) is 0 Å². The van der Waals surface area contributed by atoms with Crippen molar-refractivity contribution < 1.29 is 4.79 Å². The van der Waals surface area contributed by atoms with Gasteiger partial charge in [-0.05, 0) is 52.3 Å². The van der Waals surface area contributed by atoms with E-state index in [9.17, 15) is 4.79 Å². The molecular weight excluding hydrogens is 300 g/mol. The number of hydrogen-bond donors (Lipinski definition) is 1. The Morgan fingerprint density at radius 2 is 2.00 bits per heavy atom. The number of aryl methyl sites for hydroxylation is 1. The predicted molar refractivity (Wildman–Crippen MR) is 96.6 cm³/mol. The van der Waals surface area contributed by atoms with Crippen molar-refractivity contribution in [3.8, 4) is 5.69 Å². The first-order valence-electron chi connectivity index (χ1n) is 8.72. The second kappa shape index (κ2) is 7.18. The lowest BCUT2D eigenvalue weighted by Crippen LogP contribution is -2.42. The van der Waals surface area contributed by atoms with Crippen molar-refractivity contribution in [2.45, 2.75) is 46.1 Å². The quantitative estimate of drug-likeness (QED) is 0.938. The van der Waals surface area contributed by atoms with E-state index in [2.05, 4.69) is 22.2 Å². The van der Waals surface area contributed by atoms with Crippen LogP contribution in [0.4, 0.5) is 5.69 Å². The van der Waals surface area contributed by atoms with Gasteiger partial charge in [0.05, 0.1) is 29.3 Å². The van der Waals surface area contributed by atoms with Crippen LogP contribution in [0.2, 0.25) is 0 Å². The average Bonchev–Trinajstić information content (AvgIpc) is 2.86. The van der Waals surface area contributed by atoms with Gasteiger partial charge in [0, 0.05) is 6.04 Å². The van der Waals surface area contributed by atoms with Crippen LogP contribution in [0.25, 0.3) is 5.69 Å². The van der Waals surface area contributed by atoms with Gasteiger partial charge in [-0.15, -0.1) is 0 Å². The Hall–Kier alpha value is -2.14. The zero-order chi connectivity index (χ0) is 17.1. The van der Waals surface area contributed by atoms with Gasteiger partial charge in [0.25, 0.3) is 0 Å². The van der Waals surface area contributed by atoms with Gasteiger partial charge in [-0.2, -0.15) is 5.10 Å². The molecule has 0 radical (unpaired) electrons. The van der Waals surface area contributed by atoms with Gasteiger partial charge in [0.2, 0.25) is 5.91 Å². The fourth-order valence-electron chi connectivity index (χ4n) is 3.40. The molecule has 1 atom stereocenters. The van der Waals surface area contributed by atoms with E-state index in [4.69, 9.17) is 0 Å². The third kappa shape index (κ3) is 3.51. The number of hydrogen-bond acceptors (Lipinski definition) is 3. The molecule has 5 nitrogen and oxygen atoms in total. The fraction of sp³-hybridized carbons (Fsp3) is 0.474. The second-order valence-corrected chi connectivity index (χ2v) is 6.66. The molecule has 1 aliphatic rings. The molecule has 5 heteroatoms. The SMILES string of the molecule is Cc1nn(-c2ccccc2)c(C)c1NC(=O)CN1CCCC[C@H]1C. The van der Waals surface area contributed by atoms with Gasteiger partial charge >= 0.3 is 0 Å². The van der Waals surface area contributed by atoms with Crippen LogP contribution >= 0.6 is 0 Å². The number of nitrogens with one attached hydrogen (secondary N) is 1. The van der Waals surface area contributed by atoms with Gasteiger partial charge in [-0.25, -0.2) is 4.68 Å². The van der Waals surface area contributed by atoms with Crippen molar-refractivity contribution in [1.29, 1.82) is 0 Å². The predicted octanol–water partition coefficient (Wildman–Crippen LogP) is 3.30. The highest BCUT2D eigenvalue weighted by Gasteiger charge is 2.22. The van der Waals surface area contributed by atoms with Crippen LogP contribution in [0.15, 0.2) is 30.3 Å². The van der Waals surface area contributed by atoms with Crippen molar-refractivity contribution in [2.75, 3.05) is 18.4 Å². The number of anilines is 1. The number of benzene rings is 1. The minimum Gasteiger partial charge on any atom is -0.322 e. The van der Waals surface area contributed by atoms with Crippen LogP contribution in [-0.4, -0.2) is 39.7 Å². The molecule has 2 heterocycles. The number of para-hydroxylation sites is 1. The molecule has 2 aromatic rings. The van der Waals surface area contributed by atoms with E-state index >= 15 is 0 Å². The van der Waals surface area contributed by atoms with Crippen molar-refractivity contribution in [3.05, 3.63) is 41.7 Å². The first-order chi connectivity index (χ1) is 11.6. The van der Waals surface area contributed by atoms with Gasteiger partial charge in [0.15, 0.2) is 0 Å². The van der Waals surface area contributed by atoms with Crippen molar-refractivity contribution in [1.82, 2.24) is 14.7 Å². The third-order valence-corrected chi connectivity index (χ3v) is 4.84. The summed E-state index contributed by atoms with van der Waals surface area (Å²) in [6, 6.07) is 10.5. The maximum absolute atomic E-state index is 12.5. The second-order valence-electron chi connectivity index (χ2n) is 6.66. The molecule has 0 unspecified atom stereocenters. The largest absolute Gasteiger partial charge is 0.322 e. The third-order valence-electron chi connectivity index (χ3n) is 4.84. The number of aromatic nitrogens is 2. The standard InChI is InChI=1S/C19H26N4O/c1-14-9-7-8-12-22(14)13-18(24)20-19-15(2)21-23(16(19)3)17-10-5-4-6-11-17/h4-6,10-11,14H,7-9,12-13H2,1-3H3,(H,20,24)/t14-/m1/s1. The summed E-state index contributed by atoms with van der Waals surface area (Å²) in [5.41, 5.74) is 3.63. The smallest absolute Gasteiger partial charge is 0.238 e. The number of rotatable bonds is 4. The van der Waals surface area contributed by atoms with E-state index in [0.717, 1.165) is 29.3 Å². The van der Waals surface area contributed by atoms with E-state index in [1.165, 1.54) is 19.3 Å². The number of carbonyl (C=O) groups excluding carboxylic acids is 1. The highest BCUT2D eigenvalue weighted by molar-refractivity contribution is 5.93. The fourth-order valence-corrected chi connectivity index (χ4v) is 3.40. The first kappa shape index (κ1) is 16.7. The molecule has 1 aromatic carbocycles. The van der Waals surface area contributed by atoms with E-state index in [1.807, 2.05) is 48.9 Å². The minimum atomic E-state index is 0.0440. The Morgan fingerprint density at radius 1 is 1.25 bits per heavy atom. The number of amides is 1. The molecule has 1 N–H and O–H groups in total. The van der Waals surface area contributed by atoms with Crippen molar-refractivity contribution in [3.63, 3.8) is 0 Å². The van der Waals surface area contributed by atoms with Crippen LogP contribution in [0, 0.1) is 13.8 Å². The zero-order valence-electron chi connectivity index (χ0n) is 14.7. The summed E-state index contributed by atoms with van der Waals surface area (Å²) < 4.78 is 1.88. The van der Waals surface area contributed by atoms with Gasteiger partial charge in [-0.3, -0.25) is 9.69 Å². The molecule has 1 saturated heterocycles. The lowest BCUT2D eigenvalue weighted by Gasteiger charge is -2.32. The Labute approximate surface area is 143 Å². The maximum atomic E-state index is 12.5. The molecule has 1 aromatic heterocycles. The molecule has 0 spiro atoms. The summed E-state index contributed by atoms with van der Waals surface area (Å²) in [5, 5.41) is 7.66. The number of carbonyl (C=O) groups is 1. The summed E-state index contributed by atoms with van der Waals surface area (Å²) in [7, 11) is 0. The van der Waals surface area contributed by atoms with Crippen LogP contribution in [-0.2, 0) is 4.79 Å². The highest BCUT2D eigenvalue weighted by atomic mass is 16.2. The molecule has 3 rings (SSSR count). The highest BCUT2D eigenvalue weighted by Crippen LogP contribution is 2.23. The summed E-state index contributed by atoms with van der Waals surface area (Å²) in [6.07, 6.45) is 3.63. The maximum Gasteiger partial charge on any atom is 0.238 e. The molecular formula is C19H26N4O. The molecule has 24 heavy (non-hydrogen) atoms. The lowest BCUT2D eigenvalue weighted by molar-refractivity contribution is -0.118. The van der Waals surface area contributed by atoms with Crippen molar-refractivity contribution in [2.24, 2.45) is 0 Å². The Balaban J connectivity index is 1.73.